The van der Waals surface area contributed by atoms with Crippen LogP contribution >= 0.6 is 0 Å². The lowest BCUT2D eigenvalue weighted by Gasteiger charge is -2.16. The summed E-state index contributed by atoms with van der Waals surface area (Å²) < 4.78 is 5.86. The predicted molar refractivity (Wildman–Crippen MR) is 82.0 cm³/mol. The fraction of sp³-hybridized carbons (Fsp3) is 0.353. The van der Waals surface area contributed by atoms with E-state index in [1.165, 1.54) is 0 Å². The average Bonchev–Trinajstić information content (AvgIpc) is 2.51. The normalized spacial score (nSPS) is 10.8. The SMILES string of the molecule is CCC(CC)NCc1cccnc1Oc1ccccc1. The third-order valence-electron chi connectivity index (χ3n) is 3.37. The van der Waals surface area contributed by atoms with Crippen molar-refractivity contribution < 1.29 is 4.74 Å². The van der Waals surface area contributed by atoms with Crippen LogP contribution < -0.4 is 10.1 Å². The van der Waals surface area contributed by atoms with E-state index in [-0.39, 0.29) is 0 Å². The minimum atomic E-state index is 0.541. The molecule has 0 saturated heterocycles. The number of rotatable bonds is 7. The molecular weight excluding hydrogens is 248 g/mol. The Hall–Kier alpha value is -1.87. The molecule has 1 heterocycles. The van der Waals surface area contributed by atoms with E-state index in [9.17, 15) is 0 Å². The van der Waals surface area contributed by atoms with Crippen LogP contribution in [0.4, 0.5) is 0 Å². The summed E-state index contributed by atoms with van der Waals surface area (Å²) in [5, 5.41) is 3.54. The van der Waals surface area contributed by atoms with Gasteiger partial charge in [-0.25, -0.2) is 4.98 Å². The maximum Gasteiger partial charge on any atom is 0.223 e. The standard InChI is InChI=1S/C17H22N2O/c1-3-15(4-2)19-13-14-9-8-12-18-17(14)20-16-10-6-5-7-11-16/h5-12,15,19H,3-4,13H2,1-2H3. The molecule has 0 amide bonds. The Labute approximate surface area is 121 Å². The summed E-state index contributed by atoms with van der Waals surface area (Å²) in [4.78, 5) is 4.34. The highest BCUT2D eigenvalue weighted by atomic mass is 16.5. The van der Waals surface area contributed by atoms with Crippen LogP contribution in [0, 0.1) is 0 Å². The fourth-order valence-electron chi connectivity index (χ4n) is 2.08. The van der Waals surface area contributed by atoms with Crippen molar-refractivity contribution in [3.05, 3.63) is 54.2 Å². The van der Waals surface area contributed by atoms with Crippen molar-refractivity contribution in [3.63, 3.8) is 0 Å². The second-order valence-electron chi connectivity index (χ2n) is 4.78. The van der Waals surface area contributed by atoms with Crippen molar-refractivity contribution >= 4 is 0 Å². The molecular formula is C17H22N2O. The number of hydrogen-bond donors (Lipinski definition) is 1. The largest absolute Gasteiger partial charge is 0.439 e. The molecule has 3 nitrogen and oxygen atoms in total. The molecule has 106 valence electrons. The number of hydrogen-bond acceptors (Lipinski definition) is 3. The van der Waals surface area contributed by atoms with Crippen molar-refractivity contribution in [3.8, 4) is 11.6 Å². The monoisotopic (exact) mass is 270 g/mol. The van der Waals surface area contributed by atoms with Crippen LogP contribution in [0.15, 0.2) is 48.7 Å². The number of nitrogens with one attached hydrogen (secondary N) is 1. The Balaban J connectivity index is 2.06. The Bertz CT molecular complexity index is 509. The van der Waals surface area contributed by atoms with Crippen molar-refractivity contribution in [1.29, 1.82) is 0 Å². The third kappa shape index (κ3) is 4.07. The van der Waals surface area contributed by atoms with Gasteiger partial charge in [-0.15, -0.1) is 0 Å². The maximum atomic E-state index is 5.86. The maximum absolute atomic E-state index is 5.86. The summed E-state index contributed by atoms with van der Waals surface area (Å²) >= 11 is 0. The third-order valence-corrected chi connectivity index (χ3v) is 3.37. The molecule has 1 N–H and O–H groups in total. The van der Waals surface area contributed by atoms with E-state index in [1.807, 2.05) is 36.4 Å². The number of nitrogens with zero attached hydrogens (tertiary/aromatic N) is 1. The van der Waals surface area contributed by atoms with Gasteiger partial charge in [0.15, 0.2) is 0 Å². The molecule has 0 unspecified atom stereocenters. The zero-order valence-corrected chi connectivity index (χ0v) is 12.2. The minimum absolute atomic E-state index is 0.541. The Morgan fingerprint density at radius 2 is 1.80 bits per heavy atom. The summed E-state index contributed by atoms with van der Waals surface area (Å²) in [5.74, 6) is 1.49. The lowest BCUT2D eigenvalue weighted by molar-refractivity contribution is 0.440. The Morgan fingerprint density at radius 3 is 2.50 bits per heavy atom. The first-order valence-electron chi connectivity index (χ1n) is 7.23. The average molecular weight is 270 g/mol. The summed E-state index contributed by atoms with van der Waals surface area (Å²) in [6, 6.07) is 14.3. The highest BCUT2D eigenvalue weighted by molar-refractivity contribution is 5.32. The van der Waals surface area contributed by atoms with Crippen LogP contribution in [0.5, 0.6) is 11.6 Å². The van der Waals surface area contributed by atoms with E-state index in [4.69, 9.17) is 4.74 Å². The first-order valence-corrected chi connectivity index (χ1v) is 7.23. The highest BCUT2D eigenvalue weighted by Crippen LogP contribution is 2.22. The van der Waals surface area contributed by atoms with Crippen molar-refractivity contribution in [1.82, 2.24) is 10.3 Å². The van der Waals surface area contributed by atoms with Gasteiger partial charge in [0.25, 0.3) is 0 Å². The molecule has 0 aliphatic rings. The summed E-state index contributed by atoms with van der Waals surface area (Å²) in [6.45, 7) is 5.18. The number of aromatic nitrogens is 1. The topological polar surface area (TPSA) is 34.2 Å². The van der Waals surface area contributed by atoms with Crippen LogP contribution in [0.3, 0.4) is 0 Å². The molecule has 0 aliphatic carbocycles. The van der Waals surface area contributed by atoms with E-state index in [2.05, 4.69) is 30.2 Å². The zero-order chi connectivity index (χ0) is 14.2. The first-order chi connectivity index (χ1) is 9.83. The van der Waals surface area contributed by atoms with E-state index < -0.39 is 0 Å². The van der Waals surface area contributed by atoms with Gasteiger partial charge in [-0.05, 0) is 31.0 Å². The molecule has 2 aromatic rings. The van der Waals surface area contributed by atoms with Gasteiger partial charge >= 0.3 is 0 Å². The molecule has 3 heteroatoms. The molecule has 0 saturated carbocycles. The van der Waals surface area contributed by atoms with Crippen molar-refractivity contribution in [2.75, 3.05) is 0 Å². The number of pyridine rings is 1. The van der Waals surface area contributed by atoms with Crippen LogP contribution in [0.1, 0.15) is 32.3 Å². The van der Waals surface area contributed by atoms with Gasteiger partial charge in [0, 0.05) is 24.3 Å². The quantitative estimate of drug-likeness (QED) is 0.820. The lowest BCUT2D eigenvalue weighted by atomic mass is 10.1. The van der Waals surface area contributed by atoms with Gasteiger partial charge in [0.1, 0.15) is 5.75 Å². The van der Waals surface area contributed by atoms with E-state index in [0.29, 0.717) is 11.9 Å². The summed E-state index contributed by atoms with van der Waals surface area (Å²) in [7, 11) is 0. The molecule has 0 aliphatic heterocycles. The molecule has 1 aromatic heterocycles. The molecule has 2 rings (SSSR count). The number of benzene rings is 1. The molecule has 0 radical (unpaired) electrons. The second-order valence-corrected chi connectivity index (χ2v) is 4.78. The van der Waals surface area contributed by atoms with Crippen molar-refractivity contribution in [2.45, 2.75) is 39.3 Å². The van der Waals surface area contributed by atoms with Gasteiger partial charge in [-0.2, -0.15) is 0 Å². The van der Waals surface area contributed by atoms with Gasteiger partial charge < -0.3 is 10.1 Å². The van der Waals surface area contributed by atoms with Gasteiger partial charge in [0.05, 0.1) is 0 Å². The van der Waals surface area contributed by atoms with Crippen LogP contribution in [-0.2, 0) is 6.54 Å². The van der Waals surface area contributed by atoms with E-state index >= 15 is 0 Å². The van der Waals surface area contributed by atoms with E-state index in [1.54, 1.807) is 6.20 Å². The van der Waals surface area contributed by atoms with Gasteiger partial charge in [-0.1, -0.05) is 38.1 Å². The molecule has 1 aromatic carbocycles. The molecule has 0 spiro atoms. The predicted octanol–water partition coefficient (Wildman–Crippen LogP) is 4.15. The van der Waals surface area contributed by atoms with Crippen LogP contribution in [0.25, 0.3) is 0 Å². The van der Waals surface area contributed by atoms with Crippen LogP contribution in [0.2, 0.25) is 0 Å². The number of ether oxygens (including phenoxy) is 1. The Kier molecular flexibility index (Phi) is 5.56. The molecule has 0 fully saturated rings. The second kappa shape index (κ2) is 7.65. The van der Waals surface area contributed by atoms with Crippen LogP contribution in [-0.4, -0.2) is 11.0 Å². The molecule has 0 bridgehead atoms. The zero-order valence-electron chi connectivity index (χ0n) is 12.2. The highest BCUT2D eigenvalue weighted by Gasteiger charge is 2.08. The Morgan fingerprint density at radius 1 is 1.05 bits per heavy atom. The summed E-state index contributed by atoms with van der Waals surface area (Å²) in [6.07, 6.45) is 4.02. The summed E-state index contributed by atoms with van der Waals surface area (Å²) in [5.41, 5.74) is 1.09. The minimum Gasteiger partial charge on any atom is -0.439 e. The van der Waals surface area contributed by atoms with Gasteiger partial charge in [-0.3, -0.25) is 0 Å². The van der Waals surface area contributed by atoms with Crippen molar-refractivity contribution in [2.24, 2.45) is 0 Å². The fourth-order valence-corrected chi connectivity index (χ4v) is 2.08. The first kappa shape index (κ1) is 14.5. The van der Waals surface area contributed by atoms with Gasteiger partial charge in [0.2, 0.25) is 5.88 Å². The lowest BCUT2D eigenvalue weighted by Crippen LogP contribution is -2.27. The number of para-hydroxylation sites is 1. The molecule has 0 atom stereocenters. The smallest absolute Gasteiger partial charge is 0.223 e. The molecule has 20 heavy (non-hydrogen) atoms. The van der Waals surface area contributed by atoms with E-state index in [0.717, 1.165) is 30.7 Å².